The molecule has 0 fully saturated rings. The van der Waals surface area contributed by atoms with Crippen LogP contribution in [-0.4, -0.2) is 50.6 Å². The molecule has 2 aromatic heterocycles. The number of hydrogen-bond acceptors (Lipinski definition) is 4. The quantitative estimate of drug-likeness (QED) is 0.475. The highest BCUT2D eigenvalue weighted by molar-refractivity contribution is 7.89. The van der Waals surface area contributed by atoms with E-state index in [4.69, 9.17) is 4.74 Å². The summed E-state index contributed by atoms with van der Waals surface area (Å²) >= 11 is 0. The third-order valence-corrected chi connectivity index (χ3v) is 6.95. The Morgan fingerprint density at radius 2 is 1.97 bits per heavy atom. The Balaban J connectivity index is 1.67. The zero-order valence-corrected chi connectivity index (χ0v) is 18.3. The molecule has 4 rings (SSSR count). The molecule has 8 heteroatoms. The number of sulfonamides is 1. The van der Waals surface area contributed by atoms with Crippen LogP contribution in [0.15, 0.2) is 59.8 Å². The molecule has 0 amide bonds. The van der Waals surface area contributed by atoms with Gasteiger partial charge in [0.1, 0.15) is 10.6 Å². The summed E-state index contributed by atoms with van der Waals surface area (Å²) < 4.78 is 36.6. The molecule has 0 bridgehead atoms. The average molecular weight is 427 g/mol. The van der Waals surface area contributed by atoms with Crippen molar-refractivity contribution in [2.24, 2.45) is 7.05 Å². The largest absolute Gasteiger partial charge is 0.495 e. The van der Waals surface area contributed by atoms with E-state index in [9.17, 15) is 8.42 Å². The molecule has 0 saturated heterocycles. The van der Waals surface area contributed by atoms with Crippen LogP contribution in [0.5, 0.6) is 5.75 Å². The highest BCUT2D eigenvalue weighted by atomic mass is 32.2. The minimum absolute atomic E-state index is 0.121. The maximum Gasteiger partial charge on any atom is 0.244 e. The summed E-state index contributed by atoms with van der Waals surface area (Å²) in [5, 5.41) is 2.01. The van der Waals surface area contributed by atoms with Crippen LogP contribution in [0.25, 0.3) is 21.8 Å². The lowest BCUT2D eigenvalue weighted by molar-refractivity contribution is 0.300. The number of likely N-dealkylation sites (N-methyl/N-ethyl adjacent to an activating group) is 1. The number of aromatic amines is 1. The van der Waals surface area contributed by atoms with E-state index in [1.807, 2.05) is 44.2 Å². The van der Waals surface area contributed by atoms with E-state index in [0.717, 1.165) is 27.4 Å². The molecular weight excluding hydrogens is 400 g/mol. The molecule has 0 aliphatic heterocycles. The van der Waals surface area contributed by atoms with Crippen LogP contribution in [0.1, 0.15) is 11.6 Å². The van der Waals surface area contributed by atoms with Crippen molar-refractivity contribution in [3.05, 3.63) is 60.4 Å². The number of benzene rings is 2. The number of aryl methyl sites for hydroxylation is 1. The standard InChI is InChI=1S/C22H26N4O3S/c1-25(2)20(17-14-26(3)19-8-6-5-7-16(17)19)13-24-30(27,28)22-12-18-15(9-10-23-18)11-21(22)29-4/h5-12,14,20,23-24H,13H2,1-4H3. The number of nitrogens with one attached hydrogen (secondary N) is 2. The van der Waals surface area contributed by atoms with Gasteiger partial charge in [0, 0.05) is 53.8 Å². The number of aromatic nitrogens is 2. The third kappa shape index (κ3) is 3.58. The monoisotopic (exact) mass is 426 g/mol. The second-order valence-corrected chi connectivity index (χ2v) is 9.35. The predicted octanol–water partition coefficient (Wildman–Crippen LogP) is 3.25. The molecule has 0 saturated carbocycles. The lowest BCUT2D eigenvalue weighted by atomic mass is 10.1. The zero-order chi connectivity index (χ0) is 21.5. The van der Waals surface area contributed by atoms with Crippen LogP contribution >= 0.6 is 0 Å². The highest BCUT2D eigenvalue weighted by Gasteiger charge is 2.25. The van der Waals surface area contributed by atoms with Crippen LogP contribution in [-0.2, 0) is 17.1 Å². The van der Waals surface area contributed by atoms with Gasteiger partial charge in [-0.1, -0.05) is 18.2 Å². The SMILES string of the molecule is COc1cc2cc[nH]c2cc1S(=O)(=O)NCC(c1cn(C)c2ccccc12)N(C)C. The van der Waals surface area contributed by atoms with Gasteiger partial charge in [0.2, 0.25) is 10.0 Å². The number of H-pyrrole nitrogens is 1. The van der Waals surface area contributed by atoms with E-state index in [0.29, 0.717) is 5.75 Å². The second kappa shape index (κ2) is 7.79. The molecule has 2 N–H and O–H groups in total. The molecule has 0 aliphatic rings. The number of nitrogens with zero attached hydrogens (tertiary/aromatic N) is 2. The molecule has 4 aromatic rings. The Morgan fingerprint density at radius 1 is 1.20 bits per heavy atom. The van der Waals surface area contributed by atoms with Crippen molar-refractivity contribution in [3.8, 4) is 5.75 Å². The smallest absolute Gasteiger partial charge is 0.244 e. The summed E-state index contributed by atoms with van der Waals surface area (Å²) in [6, 6.07) is 13.2. The molecule has 1 unspecified atom stereocenters. The summed E-state index contributed by atoms with van der Waals surface area (Å²) in [4.78, 5) is 5.20. The number of fused-ring (bicyclic) bond motifs is 2. The summed E-state index contributed by atoms with van der Waals surface area (Å²) in [5.74, 6) is 0.321. The first-order chi connectivity index (χ1) is 14.3. The minimum Gasteiger partial charge on any atom is -0.495 e. The molecule has 158 valence electrons. The Kier molecular flexibility index (Phi) is 5.31. The maximum absolute atomic E-state index is 13.2. The van der Waals surface area contributed by atoms with Gasteiger partial charge in [-0.15, -0.1) is 0 Å². The summed E-state index contributed by atoms with van der Waals surface area (Å²) in [5.41, 5.74) is 2.93. The number of ether oxygens (including phenoxy) is 1. The molecule has 2 heterocycles. The molecule has 0 aliphatic carbocycles. The molecular formula is C22H26N4O3S. The van der Waals surface area contributed by atoms with Gasteiger partial charge >= 0.3 is 0 Å². The van der Waals surface area contributed by atoms with Crippen LogP contribution in [0, 0.1) is 0 Å². The van der Waals surface area contributed by atoms with Crippen molar-refractivity contribution in [3.63, 3.8) is 0 Å². The highest BCUT2D eigenvalue weighted by Crippen LogP contribution is 2.31. The maximum atomic E-state index is 13.2. The molecule has 0 spiro atoms. The van der Waals surface area contributed by atoms with Gasteiger partial charge in [-0.05, 0) is 43.9 Å². The molecule has 0 radical (unpaired) electrons. The normalized spacial score (nSPS) is 13.4. The van der Waals surface area contributed by atoms with E-state index in [1.54, 1.807) is 18.3 Å². The van der Waals surface area contributed by atoms with Crippen LogP contribution in [0.2, 0.25) is 0 Å². The average Bonchev–Trinajstić information content (AvgIpc) is 3.31. The number of para-hydroxylation sites is 1. The second-order valence-electron chi connectivity index (χ2n) is 7.61. The summed E-state index contributed by atoms with van der Waals surface area (Å²) in [6.07, 6.45) is 3.84. The van der Waals surface area contributed by atoms with E-state index in [2.05, 4.69) is 32.6 Å². The van der Waals surface area contributed by atoms with E-state index in [-0.39, 0.29) is 17.5 Å². The van der Waals surface area contributed by atoms with Crippen molar-refractivity contribution in [2.45, 2.75) is 10.9 Å². The Morgan fingerprint density at radius 3 is 2.70 bits per heavy atom. The molecule has 1 atom stereocenters. The molecule has 7 nitrogen and oxygen atoms in total. The van der Waals surface area contributed by atoms with Crippen molar-refractivity contribution in [1.29, 1.82) is 0 Å². The summed E-state index contributed by atoms with van der Waals surface area (Å²) in [6.45, 7) is 0.231. The van der Waals surface area contributed by atoms with Gasteiger partial charge in [-0.2, -0.15) is 0 Å². The van der Waals surface area contributed by atoms with E-state index >= 15 is 0 Å². The van der Waals surface area contributed by atoms with Crippen LogP contribution < -0.4 is 9.46 Å². The van der Waals surface area contributed by atoms with Crippen molar-refractivity contribution < 1.29 is 13.2 Å². The fourth-order valence-electron chi connectivity index (χ4n) is 3.90. The lowest BCUT2D eigenvalue weighted by Crippen LogP contribution is -2.34. The number of methoxy groups -OCH3 is 1. The van der Waals surface area contributed by atoms with Gasteiger partial charge in [0.25, 0.3) is 0 Å². The summed E-state index contributed by atoms with van der Waals surface area (Å²) in [7, 11) is 3.59. The molecule has 30 heavy (non-hydrogen) atoms. The first kappa shape index (κ1) is 20.5. The fraction of sp³-hybridized carbons (Fsp3) is 0.273. The van der Waals surface area contributed by atoms with Crippen LogP contribution in [0.3, 0.4) is 0 Å². The third-order valence-electron chi connectivity index (χ3n) is 5.50. The van der Waals surface area contributed by atoms with Gasteiger partial charge in [-0.3, -0.25) is 0 Å². The number of rotatable bonds is 7. The Hall–Kier alpha value is -2.81. The Bertz CT molecular complexity index is 1300. The first-order valence-corrected chi connectivity index (χ1v) is 11.2. The lowest BCUT2D eigenvalue weighted by Gasteiger charge is -2.24. The van der Waals surface area contributed by atoms with Crippen LogP contribution in [0.4, 0.5) is 0 Å². The fourth-order valence-corrected chi connectivity index (χ4v) is 5.12. The van der Waals surface area contributed by atoms with Crippen molar-refractivity contribution in [1.82, 2.24) is 19.2 Å². The zero-order valence-electron chi connectivity index (χ0n) is 17.5. The van der Waals surface area contributed by atoms with E-state index < -0.39 is 10.0 Å². The van der Waals surface area contributed by atoms with Gasteiger partial charge < -0.3 is 19.2 Å². The Labute approximate surface area is 176 Å². The predicted molar refractivity (Wildman–Crippen MR) is 119 cm³/mol. The van der Waals surface area contributed by atoms with Gasteiger partial charge in [-0.25, -0.2) is 13.1 Å². The van der Waals surface area contributed by atoms with Gasteiger partial charge in [0.05, 0.1) is 7.11 Å². The topological polar surface area (TPSA) is 79.4 Å². The minimum atomic E-state index is -3.78. The van der Waals surface area contributed by atoms with Crippen molar-refractivity contribution in [2.75, 3.05) is 27.7 Å². The van der Waals surface area contributed by atoms with Gasteiger partial charge in [0.15, 0.2) is 0 Å². The van der Waals surface area contributed by atoms with E-state index in [1.165, 1.54) is 7.11 Å². The molecule has 2 aromatic carbocycles. The number of hydrogen-bond donors (Lipinski definition) is 2. The van der Waals surface area contributed by atoms with Crippen molar-refractivity contribution >= 4 is 31.8 Å². The first-order valence-electron chi connectivity index (χ1n) is 9.67.